The summed E-state index contributed by atoms with van der Waals surface area (Å²) in [5, 5.41) is 9.58. The molecule has 0 unspecified atom stereocenters. The van der Waals surface area contributed by atoms with Gasteiger partial charge in [-0.2, -0.15) is 4.31 Å². The van der Waals surface area contributed by atoms with Crippen LogP contribution in [0.25, 0.3) is 0 Å². The van der Waals surface area contributed by atoms with Crippen LogP contribution in [0.1, 0.15) is 30.4 Å². The first-order valence-electron chi connectivity index (χ1n) is 8.33. The zero-order valence-electron chi connectivity index (χ0n) is 14.0. The van der Waals surface area contributed by atoms with Gasteiger partial charge in [0.2, 0.25) is 10.0 Å². The fourth-order valence-electron chi connectivity index (χ4n) is 3.29. The molecule has 0 saturated carbocycles. The van der Waals surface area contributed by atoms with Gasteiger partial charge in [-0.15, -0.1) is 0 Å². The van der Waals surface area contributed by atoms with Crippen molar-refractivity contribution < 1.29 is 18.3 Å². The second kappa shape index (κ2) is 6.98. The summed E-state index contributed by atoms with van der Waals surface area (Å²) >= 11 is 0. The van der Waals surface area contributed by atoms with Gasteiger partial charge in [0.05, 0.1) is 4.90 Å². The molecule has 1 aliphatic heterocycles. The SMILES string of the molecule is CCCc1cccc(S(=O)(=O)N2C[C@H](c3ccccc3)[C@H]2C(=O)O)c1. The summed E-state index contributed by atoms with van der Waals surface area (Å²) in [5.41, 5.74) is 1.79. The predicted octanol–water partition coefficient (Wildman–Crippen LogP) is 2.88. The molecule has 1 N–H and O–H groups in total. The molecule has 1 aliphatic rings. The second-order valence-electron chi connectivity index (χ2n) is 6.27. The highest BCUT2D eigenvalue weighted by Crippen LogP contribution is 2.38. The molecular formula is C19H21NO4S. The molecule has 1 heterocycles. The van der Waals surface area contributed by atoms with Crippen molar-refractivity contribution in [2.75, 3.05) is 6.54 Å². The quantitative estimate of drug-likeness (QED) is 0.861. The molecule has 3 rings (SSSR count). The largest absolute Gasteiger partial charge is 0.480 e. The minimum atomic E-state index is -3.83. The first-order chi connectivity index (χ1) is 11.9. The fraction of sp³-hybridized carbons (Fsp3) is 0.316. The van der Waals surface area contributed by atoms with Gasteiger partial charge in [-0.25, -0.2) is 8.42 Å². The highest BCUT2D eigenvalue weighted by atomic mass is 32.2. The smallest absolute Gasteiger partial charge is 0.322 e. The summed E-state index contributed by atoms with van der Waals surface area (Å²) < 4.78 is 26.9. The monoisotopic (exact) mass is 359 g/mol. The van der Waals surface area contributed by atoms with Gasteiger partial charge in [-0.1, -0.05) is 55.8 Å². The van der Waals surface area contributed by atoms with Gasteiger partial charge in [0.25, 0.3) is 0 Å². The molecule has 25 heavy (non-hydrogen) atoms. The molecular weight excluding hydrogens is 338 g/mol. The Labute approximate surface area is 148 Å². The van der Waals surface area contributed by atoms with Crippen molar-refractivity contribution in [3.63, 3.8) is 0 Å². The normalized spacial score (nSPS) is 20.8. The molecule has 0 spiro atoms. The van der Waals surface area contributed by atoms with Crippen molar-refractivity contribution in [2.45, 2.75) is 36.6 Å². The van der Waals surface area contributed by atoms with E-state index < -0.39 is 22.0 Å². The van der Waals surface area contributed by atoms with Crippen LogP contribution in [0.15, 0.2) is 59.5 Å². The van der Waals surface area contributed by atoms with Crippen LogP contribution < -0.4 is 0 Å². The van der Waals surface area contributed by atoms with Crippen molar-refractivity contribution in [1.29, 1.82) is 0 Å². The van der Waals surface area contributed by atoms with Crippen molar-refractivity contribution in [2.24, 2.45) is 0 Å². The molecule has 0 amide bonds. The first-order valence-corrected chi connectivity index (χ1v) is 9.77. The van der Waals surface area contributed by atoms with Crippen molar-refractivity contribution >= 4 is 16.0 Å². The molecule has 2 aromatic rings. The minimum Gasteiger partial charge on any atom is -0.480 e. The highest BCUT2D eigenvalue weighted by Gasteiger charge is 2.51. The summed E-state index contributed by atoms with van der Waals surface area (Å²) in [6, 6.07) is 14.9. The fourth-order valence-corrected chi connectivity index (χ4v) is 5.00. The molecule has 6 heteroatoms. The molecule has 2 atom stereocenters. The summed E-state index contributed by atoms with van der Waals surface area (Å²) in [6.07, 6.45) is 1.71. The third-order valence-electron chi connectivity index (χ3n) is 4.59. The summed E-state index contributed by atoms with van der Waals surface area (Å²) in [5.74, 6) is -1.44. The van der Waals surface area contributed by atoms with E-state index in [1.807, 2.05) is 43.3 Å². The number of hydrogen-bond donors (Lipinski definition) is 1. The number of rotatable bonds is 6. The number of nitrogens with zero attached hydrogens (tertiary/aromatic N) is 1. The topological polar surface area (TPSA) is 74.7 Å². The lowest BCUT2D eigenvalue weighted by Gasteiger charge is -2.44. The molecule has 0 aliphatic carbocycles. The van der Waals surface area contributed by atoms with Crippen molar-refractivity contribution in [3.05, 3.63) is 65.7 Å². The van der Waals surface area contributed by atoms with Gasteiger partial charge in [-0.05, 0) is 29.7 Å². The van der Waals surface area contributed by atoms with E-state index >= 15 is 0 Å². The third kappa shape index (κ3) is 3.32. The number of carboxylic acids is 1. The number of aryl methyl sites for hydroxylation is 1. The Kier molecular flexibility index (Phi) is 4.92. The maximum absolute atomic E-state index is 12.9. The zero-order valence-corrected chi connectivity index (χ0v) is 14.8. The lowest BCUT2D eigenvalue weighted by atomic mass is 9.85. The summed E-state index contributed by atoms with van der Waals surface area (Å²) in [6.45, 7) is 2.21. The van der Waals surface area contributed by atoms with Crippen molar-refractivity contribution in [3.8, 4) is 0 Å². The third-order valence-corrected chi connectivity index (χ3v) is 6.44. The minimum absolute atomic E-state index is 0.163. The van der Waals surface area contributed by atoms with Crippen LogP contribution >= 0.6 is 0 Å². The van der Waals surface area contributed by atoms with Crippen LogP contribution in [0, 0.1) is 0 Å². The van der Waals surface area contributed by atoms with E-state index in [4.69, 9.17) is 0 Å². The van der Waals surface area contributed by atoms with E-state index in [1.54, 1.807) is 12.1 Å². The molecule has 132 valence electrons. The summed E-state index contributed by atoms with van der Waals surface area (Å²) in [7, 11) is -3.83. The van der Waals surface area contributed by atoms with Crippen LogP contribution in [0.2, 0.25) is 0 Å². The molecule has 0 aromatic heterocycles. The van der Waals surface area contributed by atoms with E-state index in [1.165, 1.54) is 6.07 Å². The Morgan fingerprint density at radius 1 is 1.16 bits per heavy atom. The van der Waals surface area contributed by atoms with Crippen LogP contribution in [-0.4, -0.2) is 36.4 Å². The Balaban J connectivity index is 1.90. The molecule has 5 nitrogen and oxygen atoms in total. The van der Waals surface area contributed by atoms with E-state index in [-0.39, 0.29) is 17.4 Å². The van der Waals surface area contributed by atoms with Crippen LogP contribution in [0.4, 0.5) is 0 Å². The van der Waals surface area contributed by atoms with Crippen molar-refractivity contribution in [1.82, 2.24) is 4.31 Å². The Morgan fingerprint density at radius 3 is 2.52 bits per heavy atom. The van der Waals surface area contributed by atoms with E-state index in [0.29, 0.717) is 0 Å². The number of sulfonamides is 1. The maximum atomic E-state index is 12.9. The number of carboxylic acid groups (broad SMARTS) is 1. The lowest BCUT2D eigenvalue weighted by molar-refractivity contribution is -0.146. The molecule has 1 fully saturated rings. The summed E-state index contributed by atoms with van der Waals surface area (Å²) in [4.78, 5) is 11.9. The average Bonchev–Trinajstić information content (AvgIpc) is 2.55. The van der Waals surface area contributed by atoms with Gasteiger partial charge in [0.1, 0.15) is 6.04 Å². The van der Waals surface area contributed by atoms with Gasteiger partial charge >= 0.3 is 5.97 Å². The standard InChI is InChI=1S/C19H21NO4S/c1-2-7-14-8-6-11-16(12-14)25(23,24)20-13-17(18(20)19(21)22)15-9-4-3-5-10-15/h3-6,8-12,17-18H,2,7,13H2,1H3,(H,21,22)/t17-,18+/m1/s1. The Hall–Kier alpha value is -2.18. The van der Waals surface area contributed by atoms with Crippen LogP contribution in [0.5, 0.6) is 0 Å². The second-order valence-corrected chi connectivity index (χ2v) is 8.16. The number of hydrogen-bond acceptors (Lipinski definition) is 3. The lowest BCUT2D eigenvalue weighted by Crippen LogP contribution is -2.60. The molecule has 0 radical (unpaired) electrons. The van der Waals surface area contributed by atoms with Gasteiger partial charge < -0.3 is 5.11 Å². The van der Waals surface area contributed by atoms with E-state index in [2.05, 4.69) is 0 Å². The maximum Gasteiger partial charge on any atom is 0.322 e. The molecule has 2 aromatic carbocycles. The van der Waals surface area contributed by atoms with Gasteiger partial charge in [0.15, 0.2) is 0 Å². The van der Waals surface area contributed by atoms with Gasteiger partial charge in [0, 0.05) is 12.5 Å². The van der Waals surface area contributed by atoms with Crippen LogP contribution in [-0.2, 0) is 21.2 Å². The number of carbonyl (C=O) groups is 1. The molecule has 0 bridgehead atoms. The van der Waals surface area contributed by atoms with Gasteiger partial charge in [-0.3, -0.25) is 4.79 Å². The Morgan fingerprint density at radius 2 is 1.88 bits per heavy atom. The van der Waals surface area contributed by atoms with E-state index in [9.17, 15) is 18.3 Å². The zero-order chi connectivity index (χ0) is 18.0. The highest BCUT2D eigenvalue weighted by molar-refractivity contribution is 7.89. The predicted molar refractivity (Wildman–Crippen MR) is 94.9 cm³/mol. The Bertz CT molecular complexity index is 864. The van der Waals surface area contributed by atoms with Crippen LogP contribution in [0.3, 0.4) is 0 Å². The number of aliphatic carboxylic acids is 1. The molecule has 1 saturated heterocycles. The first kappa shape index (κ1) is 17.6. The number of benzene rings is 2. The average molecular weight is 359 g/mol. The van der Waals surface area contributed by atoms with E-state index in [0.717, 1.165) is 28.3 Å².